The SMILES string of the molecule is Cc1cc(C)n(-c2cccc(S(=O)(=O)c3ccc(CN=C(NC#N)Nc4ccncc4)cc3)c2)n1. The number of hydrogen-bond donors (Lipinski definition) is 2. The van der Waals surface area contributed by atoms with Crippen molar-refractivity contribution in [3.8, 4) is 11.9 Å². The van der Waals surface area contributed by atoms with E-state index in [4.69, 9.17) is 5.26 Å². The Hall–Kier alpha value is -4.49. The molecule has 0 unspecified atom stereocenters. The Morgan fingerprint density at radius 3 is 2.43 bits per heavy atom. The molecule has 4 aromatic rings. The summed E-state index contributed by atoms with van der Waals surface area (Å²) in [6, 6.07) is 18.7. The maximum atomic E-state index is 13.3. The van der Waals surface area contributed by atoms with E-state index >= 15 is 0 Å². The second-order valence-corrected chi connectivity index (χ2v) is 9.70. The largest absolute Gasteiger partial charge is 0.325 e. The molecular formula is C25H23N7O2S. The number of anilines is 1. The molecule has 176 valence electrons. The van der Waals surface area contributed by atoms with E-state index in [0.717, 1.165) is 22.6 Å². The summed E-state index contributed by atoms with van der Waals surface area (Å²) in [7, 11) is -3.72. The standard InChI is InChI=1S/C25H23N7O2S/c1-18-14-19(2)32(31-18)22-4-3-5-24(15-22)35(33,34)23-8-6-20(7-9-23)16-28-25(29-17-26)30-21-10-12-27-13-11-21/h3-15H,16H2,1-2H3,(H2,27,28,29,30). The molecule has 0 amide bonds. The fraction of sp³-hybridized carbons (Fsp3) is 0.120. The van der Waals surface area contributed by atoms with Crippen molar-refractivity contribution in [3.63, 3.8) is 0 Å². The Morgan fingerprint density at radius 1 is 1.03 bits per heavy atom. The van der Waals surface area contributed by atoms with Gasteiger partial charge in [-0.15, -0.1) is 0 Å². The van der Waals surface area contributed by atoms with Crippen molar-refractivity contribution in [2.45, 2.75) is 30.2 Å². The van der Waals surface area contributed by atoms with Gasteiger partial charge in [-0.05, 0) is 67.9 Å². The van der Waals surface area contributed by atoms with Crippen LogP contribution in [0.3, 0.4) is 0 Å². The Labute approximate surface area is 203 Å². The Morgan fingerprint density at radius 2 is 1.77 bits per heavy atom. The van der Waals surface area contributed by atoms with Crippen LogP contribution in [0.15, 0.2) is 93.9 Å². The molecule has 0 radical (unpaired) electrons. The first-order chi connectivity index (χ1) is 16.9. The van der Waals surface area contributed by atoms with Crippen LogP contribution < -0.4 is 10.6 Å². The van der Waals surface area contributed by atoms with Gasteiger partial charge in [-0.2, -0.15) is 10.4 Å². The highest BCUT2D eigenvalue weighted by Crippen LogP contribution is 2.24. The molecule has 2 aromatic carbocycles. The molecule has 2 N–H and O–H groups in total. The van der Waals surface area contributed by atoms with Crippen LogP contribution in [0, 0.1) is 25.3 Å². The van der Waals surface area contributed by atoms with E-state index in [-0.39, 0.29) is 22.3 Å². The van der Waals surface area contributed by atoms with Crippen LogP contribution in [0.2, 0.25) is 0 Å². The number of benzene rings is 2. The smallest absolute Gasteiger partial charge is 0.209 e. The van der Waals surface area contributed by atoms with Crippen LogP contribution in [0.1, 0.15) is 17.0 Å². The summed E-state index contributed by atoms with van der Waals surface area (Å²) in [6.45, 7) is 4.06. The maximum absolute atomic E-state index is 13.3. The number of rotatable bonds is 6. The first-order valence-corrected chi connectivity index (χ1v) is 12.2. The molecule has 0 saturated heterocycles. The van der Waals surface area contributed by atoms with Gasteiger partial charge in [0.25, 0.3) is 0 Å². The zero-order chi connectivity index (χ0) is 24.8. The fourth-order valence-electron chi connectivity index (χ4n) is 3.49. The van der Waals surface area contributed by atoms with Gasteiger partial charge in [0.15, 0.2) is 6.19 Å². The van der Waals surface area contributed by atoms with Crippen LogP contribution in [-0.2, 0) is 16.4 Å². The zero-order valence-corrected chi connectivity index (χ0v) is 20.0. The third-order valence-corrected chi connectivity index (χ3v) is 6.92. The highest BCUT2D eigenvalue weighted by Gasteiger charge is 2.19. The van der Waals surface area contributed by atoms with Crippen molar-refractivity contribution in [2.24, 2.45) is 4.99 Å². The lowest BCUT2D eigenvalue weighted by Gasteiger charge is -2.10. The van der Waals surface area contributed by atoms with E-state index in [0.29, 0.717) is 5.69 Å². The van der Waals surface area contributed by atoms with Gasteiger partial charge in [0.2, 0.25) is 15.8 Å². The molecule has 9 nitrogen and oxygen atoms in total. The molecule has 10 heteroatoms. The number of guanidine groups is 1. The first-order valence-electron chi connectivity index (χ1n) is 10.7. The van der Waals surface area contributed by atoms with Crippen molar-refractivity contribution < 1.29 is 8.42 Å². The van der Waals surface area contributed by atoms with Gasteiger partial charge in [0, 0.05) is 23.8 Å². The summed E-state index contributed by atoms with van der Waals surface area (Å²) in [5, 5.41) is 18.9. The predicted molar refractivity (Wildman–Crippen MR) is 133 cm³/mol. The van der Waals surface area contributed by atoms with Crippen molar-refractivity contribution >= 4 is 21.5 Å². The van der Waals surface area contributed by atoms with E-state index in [1.807, 2.05) is 32.2 Å². The van der Waals surface area contributed by atoms with Crippen LogP contribution >= 0.6 is 0 Å². The minimum Gasteiger partial charge on any atom is -0.325 e. The summed E-state index contributed by atoms with van der Waals surface area (Å²) >= 11 is 0. The molecule has 0 spiro atoms. The molecule has 0 aliphatic heterocycles. The van der Waals surface area contributed by atoms with E-state index in [1.165, 1.54) is 0 Å². The molecule has 0 saturated carbocycles. The second-order valence-electron chi connectivity index (χ2n) is 7.75. The normalized spacial score (nSPS) is 11.6. The lowest BCUT2D eigenvalue weighted by atomic mass is 10.2. The highest BCUT2D eigenvalue weighted by molar-refractivity contribution is 7.91. The van der Waals surface area contributed by atoms with Gasteiger partial charge in [-0.1, -0.05) is 18.2 Å². The molecule has 0 aliphatic carbocycles. The van der Waals surface area contributed by atoms with E-state index in [9.17, 15) is 8.42 Å². The van der Waals surface area contributed by atoms with Gasteiger partial charge in [0.1, 0.15) is 0 Å². The van der Waals surface area contributed by atoms with Gasteiger partial charge in [-0.3, -0.25) is 10.3 Å². The molecule has 0 bridgehead atoms. The lowest BCUT2D eigenvalue weighted by Crippen LogP contribution is -2.26. The summed E-state index contributed by atoms with van der Waals surface area (Å²) in [5.41, 5.74) is 3.98. The maximum Gasteiger partial charge on any atom is 0.209 e. The predicted octanol–water partition coefficient (Wildman–Crippen LogP) is 3.76. The molecule has 0 fully saturated rings. The number of sulfone groups is 1. The molecule has 0 aliphatic rings. The van der Waals surface area contributed by atoms with Crippen molar-refractivity contribution in [1.29, 1.82) is 5.26 Å². The third kappa shape index (κ3) is 5.54. The van der Waals surface area contributed by atoms with Crippen molar-refractivity contribution in [2.75, 3.05) is 5.32 Å². The average Bonchev–Trinajstić information content (AvgIpc) is 3.21. The number of nitrogens with one attached hydrogen (secondary N) is 2. The lowest BCUT2D eigenvalue weighted by molar-refractivity contribution is 0.596. The van der Waals surface area contributed by atoms with Crippen molar-refractivity contribution in [3.05, 3.63) is 96.1 Å². The minimum absolute atomic E-state index is 0.182. The number of nitrogens with zero attached hydrogens (tertiary/aromatic N) is 5. The molecule has 35 heavy (non-hydrogen) atoms. The number of hydrogen-bond acceptors (Lipinski definition) is 6. The third-order valence-electron chi connectivity index (χ3n) is 5.15. The molecule has 2 heterocycles. The number of aliphatic imine (C=N–C) groups is 1. The molecule has 4 rings (SSSR count). The summed E-state index contributed by atoms with van der Waals surface area (Å²) in [6.07, 6.45) is 5.10. The van der Waals surface area contributed by atoms with E-state index in [2.05, 4.69) is 25.7 Å². The van der Waals surface area contributed by atoms with Gasteiger partial charge in [-0.25, -0.2) is 18.1 Å². The zero-order valence-electron chi connectivity index (χ0n) is 19.2. The summed E-state index contributed by atoms with van der Waals surface area (Å²) < 4.78 is 28.2. The number of nitriles is 1. The average molecular weight is 486 g/mol. The Bertz CT molecular complexity index is 1500. The number of aryl methyl sites for hydroxylation is 2. The second kappa shape index (κ2) is 10.2. The van der Waals surface area contributed by atoms with Gasteiger partial charge >= 0.3 is 0 Å². The topological polar surface area (TPSA) is 125 Å². The monoisotopic (exact) mass is 485 g/mol. The molecule has 0 atom stereocenters. The fourth-order valence-corrected chi connectivity index (χ4v) is 4.79. The van der Waals surface area contributed by atoms with Gasteiger partial charge < -0.3 is 5.32 Å². The highest BCUT2D eigenvalue weighted by atomic mass is 32.2. The minimum atomic E-state index is -3.72. The quantitative estimate of drug-likeness (QED) is 0.184. The van der Waals surface area contributed by atoms with Crippen LogP contribution in [0.25, 0.3) is 5.69 Å². The van der Waals surface area contributed by atoms with Gasteiger partial charge in [0.05, 0.1) is 27.7 Å². The first kappa shape index (κ1) is 23.7. The van der Waals surface area contributed by atoms with Crippen LogP contribution in [0.5, 0.6) is 0 Å². The Kier molecular flexibility index (Phi) is 6.89. The van der Waals surface area contributed by atoms with E-state index in [1.54, 1.807) is 71.7 Å². The Balaban J connectivity index is 1.53. The van der Waals surface area contributed by atoms with E-state index < -0.39 is 9.84 Å². The molecule has 2 aromatic heterocycles. The number of aromatic nitrogens is 3. The van der Waals surface area contributed by atoms with Crippen molar-refractivity contribution in [1.82, 2.24) is 20.1 Å². The van der Waals surface area contributed by atoms with Crippen LogP contribution in [0.4, 0.5) is 5.69 Å². The van der Waals surface area contributed by atoms with Crippen LogP contribution in [-0.4, -0.2) is 29.1 Å². The summed E-state index contributed by atoms with van der Waals surface area (Å²) in [5.74, 6) is 0.274. The summed E-state index contributed by atoms with van der Waals surface area (Å²) in [4.78, 5) is 8.70. The number of pyridine rings is 1. The molecular weight excluding hydrogens is 462 g/mol.